The van der Waals surface area contributed by atoms with E-state index in [0.717, 1.165) is 17.0 Å². The standard InChI is InChI=1S/C29H28ClF2N3O6S/c1-16-7-10-34(19-8-11-42(39,40)12-9-19)29(38)26(16)35-15-21(24-22(31)13-20(41-2)14-23(24)32)25(28(35)37)33-27(36)17-3-5-18(30)6-4-17/h3-7,10,13-14,19,21,25H,8-9,11-12,15H2,1-2H3,(H,33,36)/t21-,25-/m0/s1. The zero-order chi connectivity index (χ0) is 30.3. The van der Waals surface area contributed by atoms with E-state index in [1.54, 1.807) is 19.2 Å². The van der Waals surface area contributed by atoms with Crippen LogP contribution in [0, 0.1) is 18.6 Å². The fourth-order valence-corrected chi connectivity index (χ4v) is 7.21. The second kappa shape index (κ2) is 11.5. The highest BCUT2D eigenvalue weighted by Crippen LogP contribution is 2.37. The molecule has 0 aliphatic carbocycles. The van der Waals surface area contributed by atoms with Crippen LogP contribution in [-0.4, -0.2) is 56.0 Å². The van der Waals surface area contributed by atoms with E-state index in [1.165, 1.54) is 35.9 Å². The highest BCUT2D eigenvalue weighted by molar-refractivity contribution is 7.91. The normalized spacial score (nSPS) is 20.5. The van der Waals surface area contributed by atoms with Gasteiger partial charge in [0.05, 0.1) is 18.6 Å². The van der Waals surface area contributed by atoms with Gasteiger partial charge in [0.25, 0.3) is 11.5 Å². The molecular formula is C29H28ClF2N3O6S. The molecule has 5 rings (SSSR count). The van der Waals surface area contributed by atoms with E-state index >= 15 is 8.78 Å². The third-order valence-corrected chi connectivity index (χ3v) is 9.82. The monoisotopic (exact) mass is 619 g/mol. The minimum atomic E-state index is -3.18. The van der Waals surface area contributed by atoms with Gasteiger partial charge in [0.15, 0.2) is 0 Å². The van der Waals surface area contributed by atoms with Crippen LogP contribution in [0.15, 0.2) is 53.5 Å². The first kappa shape index (κ1) is 29.7. The Morgan fingerprint density at radius 3 is 2.26 bits per heavy atom. The van der Waals surface area contributed by atoms with Crippen molar-refractivity contribution in [3.05, 3.63) is 92.4 Å². The molecule has 222 valence electrons. The Balaban J connectivity index is 1.56. The van der Waals surface area contributed by atoms with Crippen LogP contribution >= 0.6 is 11.6 Å². The second-order valence-electron chi connectivity index (χ2n) is 10.5. The van der Waals surface area contributed by atoms with Gasteiger partial charge >= 0.3 is 0 Å². The molecule has 2 saturated heterocycles. The predicted octanol–water partition coefficient (Wildman–Crippen LogP) is 3.78. The average Bonchev–Trinajstić information content (AvgIpc) is 3.24. The molecule has 0 bridgehead atoms. The molecule has 0 saturated carbocycles. The number of sulfone groups is 1. The summed E-state index contributed by atoms with van der Waals surface area (Å²) in [4.78, 5) is 42.0. The zero-order valence-electron chi connectivity index (χ0n) is 22.8. The maximum atomic E-state index is 15.3. The summed E-state index contributed by atoms with van der Waals surface area (Å²) in [5.41, 5.74) is -0.359. The van der Waals surface area contributed by atoms with Crippen LogP contribution in [0.25, 0.3) is 0 Å². The van der Waals surface area contributed by atoms with Gasteiger partial charge in [-0.1, -0.05) is 11.6 Å². The van der Waals surface area contributed by atoms with Gasteiger partial charge in [0.1, 0.15) is 39.0 Å². The number of hydrogen-bond acceptors (Lipinski definition) is 6. The number of anilines is 1. The van der Waals surface area contributed by atoms with Crippen molar-refractivity contribution in [2.75, 3.05) is 30.1 Å². The summed E-state index contributed by atoms with van der Waals surface area (Å²) in [6.45, 7) is 1.33. The molecule has 0 unspecified atom stereocenters. The third kappa shape index (κ3) is 5.65. The van der Waals surface area contributed by atoms with Crippen LogP contribution in [0.1, 0.15) is 46.3 Å². The van der Waals surface area contributed by atoms with Gasteiger partial charge in [-0.15, -0.1) is 0 Å². The number of nitrogens with one attached hydrogen (secondary N) is 1. The molecule has 2 fully saturated rings. The maximum absolute atomic E-state index is 15.3. The van der Waals surface area contributed by atoms with Crippen molar-refractivity contribution < 1.29 is 31.5 Å². The van der Waals surface area contributed by atoms with Crippen LogP contribution in [0.4, 0.5) is 14.5 Å². The van der Waals surface area contributed by atoms with Gasteiger partial charge in [0.2, 0.25) is 5.91 Å². The van der Waals surface area contributed by atoms with Crippen molar-refractivity contribution in [1.29, 1.82) is 0 Å². The van der Waals surface area contributed by atoms with Gasteiger partial charge in [-0.2, -0.15) is 0 Å². The Kier molecular flexibility index (Phi) is 8.13. The summed E-state index contributed by atoms with van der Waals surface area (Å²) < 4.78 is 60.9. The number of nitrogens with zero attached hydrogens (tertiary/aromatic N) is 2. The molecule has 2 aliphatic rings. The highest BCUT2D eigenvalue weighted by Gasteiger charge is 2.46. The Morgan fingerprint density at radius 1 is 1.05 bits per heavy atom. The average molecular weight is 620 g/mol. The van der Waals surface area contributed by atoms with Crippen LogP contribution in [-0.2, 0) is 14.6 Å². The molecule has 3 aromatic rings. The molecule has 2 aliphatic heterocycles. The molecule has 1 aromatic heterocycles. The van der Waals surface area contributed by atoms with Crippen molar-refractivity contribution in [2.45, 2.75) is 37.8 Å². The summed E-state index contributed by atoms with van der Waals surface area (Å²) in [5, 5.41) is 3.00. The number of hydrogen-bond donors (Lipinski definition) is 1. The van der Waals surface area contributed by atoms with Gasteiger partial charge < -0.3 is 19.5 Å². The molecule has 13 heteroatoms. The number of aryl methyl sites for hydroxylation is 1. The lowest BCUT2D eigenvalue weighted by atomic mass is 9.92. The molecule has 2 atom stereocenters. The van der Waals surface area contributed by atoms with Gasteiger partial charge in [-0.3, -0.25) is 14.4 Å². The number of benzene rings is 2. The molecular weight excluding hydrogens is 592 g/mol. The summed E-state index contributed by atoms with van der Waals surface area (Å²) in [5.74, 6) is -4.72. The molecule has 0 spiro atoms. The fourth-order valence-electron chi connectivity index (χ4n) is 5.61. The van der Waals surface area contributed by atoms with Crippen molar-refractivity contribution in [3.63, 3.8) is 0 Å². The smallest absolute Gasteiger partial charge is 0.275 e. The number of rotatable bonds is 6. The molecule has 2 aromatic carbocycles. The Morgan fingerprint density at radius 2 is 1.67 bits per heavy atom. The zero-order valence-corrected chi connectivity index (χ0v) is 24.3. The Bertz CT molecular complexity index is 1690. The first-order valence-electron chi connectivity index (χ1n) is 13.2. The minimum absolute atomic E-state index is 0.00139. The number of halogens is 3. The van der Waals surface area contributed by atoms with E-state index in [0.29, 0.717) is 10.6 Å². The minimum Gasteiger partial charge on any atom is -0.497 e. The molecule has 3 heterocycles. The summed E-state index contributed by atoms with van der Waals surface area (Å²) in [6.07, 6.45) is 2.04. The second-order valence-corrected chi connectivity index (χ2v) is 13.2. The fraction of sp³-hybridized carbons (Fsp3) is 0.345. The summed E-state index contributed by atoms with van der Waals surface area (Å²) in [7, 11) is -1.92. The Labute approximate surface area is 246 Å². The number of amides is 2. The first-order valence-corrected chi connectivity index (χ1v) is 15.4. The highest BCUT2D eigenvalue weighted by atomic mass is 35.5. The van der Waals surface area contributed by atoms with Crippen LogP contribution in [0.2, 0.25) is 5.02 Å². The van der Waals surface area contributed by atoms with Gasteiger partial charge in [-0.25, -0.2) is 17.2 Å². The lowest BCUT2D eigenvalue weighted by molar-refractivity contribution is -0.118. The Hall–Kier alpha value is -3.77. The summed E-state index contributed by atoms with van der Waals surface area (Å²) in [6, 6.07) is 7.67. The summed E-state index contributed by atoms with van der Waals surface area (Å²) >= 11 is 5.92. The van der Waals surface area contributed by atoms with Crippen molar-refractivity contribution in [2.24, 2.45) is 0 Å². The lowest BCUT2D eigenvalue weighted by Gasteiger charge is -2.26. The number of carbonyl (C=O) groups is 2. The van der Waals surface area contributed by atoms with E-state index in [4.69, 9.17) is 16.3 Å². The van der Waals surface area contributed by atoms with E-state index in [2.05, 4.69) is 5.32 Å². The van der Waals surface area contributed by atoms with Crippen LogP contribution in [0.3, 0.4) is 0 Å². The first-order chi connectivity index (χ1) is 19.9. The van der Waals surface area contributed by atoms with E-state index in [-0.39, 0.29) is 47.9 Å². The van der Waals surface area contributed by atoms with Crippen LogP contribution < -0.4 is 20.5 Å². The number of ether oxygens (including phenoxy) is 1. The quantitative estimate of drug-likeness (QED) is 0.449. The lowest BCUT2D eigenvalue weighted by Crippen LogP contribution is -2.45. The van der Waals surface area contributed by atoms with Gasteiger partial charge in [0, 0.05) is 53.0 Å². The number of methoxy groups -OCH3 is 1. The maximum Gasteiger partial charge on any atom is 0.275 e. The van der Waals surface area contributed by atoms with E-state index in [9.17, 15) is 22.8 Å². The van der Waals surface area contributed by atoms with Crippen molar-refractivity contribution in [3.8, 4) is 5.75 Å². The largest absolute Gasteiger partial charge is 0.497 e. The molecule has 1 N–H and O–H groups in total. The predicted molar refractivity (Wildman–Crippen MR) is 153 cm³/mol. The molecule has 42 heavy (non-hydrogen) atoms. The molecule has 0 radical (unpaired) electrons. The van der Waals surface area contributed by atoms with Crippen molar-refractivity contribution in [1.82, 2.24) is 9.88 Å². The van der Waals surface area contributed by atoms with E-state index < -0.39 is 62.4 Å². The van der Waals surface area contributed by atoms with E-state index in [1.807, 2.05) is 0 Å². The number of carbonyl (C=O) groups excluding carboxylic acids is 2. The number of pyridine rings is 1. The SMILES string of the molecule is COc1cc(F)c([C@@H]2CN(c3c(C)ccn(C4CCS(=O)(=O)CC4)c3=O)C(=O)[C@H]2NC(=O)c2ccc(Cl)cc2)c(F)c1. The third-order valence-electron chi connectivity index (χ3n) is 7.85. The van der Waals surface area contributed by atoms with Crippen LogP contribution in [0.5, 0.6) is 5.75 Å². The topological polar surface area (TPSA) is 115 Å². The number of aromatic nitrogens is 1. The molecule has 2 amide bonds. The molecule has 9 nitrogen and oxygen atoms in total. The van der Waals surface area contributed by atoms with Gasteiger partial charge in [-0.05, 0) is 55.7 Å². The van der Waals surface area contributed by atoms with Crippen molar-refractivity contribution >= 4 is 38.9 Å².